The second-order valence-corrected chi connectivity index (χ2v) is 3.62. The number of carbonyl (C=O) groups excluding carboxylic acids is 1. The smallest absolute Gasteiger partial charge is 0.324 e. The SMILES string of the molecule is O=C(CS)Nc1cc(C(F)(F)F)ccc1Cl. The summed E-state index contributed by atoms with van der Waals surface area (Å²) < 4.78 is 37.0. The molecule has 0 aliphatic carbocycles. The largest absolute Gasteiger partial charge is 0.416 e. The highest BCUT2D eigenvalue weighted by atomic mass is 35.5. The van der Waals surface area contributed by atoms with E-state index in [0.717, 1.165) is 18.2 Å². The van der Waals surface area contributed by atoms with Crippen molar-refractivity contribution >= 4 is 35.8 Å². The van der Waals surface area contributed by atoms with Gasteiger partial charge >= 0.3 is 6.18 Å². The number of alkyl halides is 3. The summed E-state index contributed by atoms with van der Waals surface area (Å²) in [5.41, 5.74) is -0.943. The van der Waals surface area contributed by atoms with Gasteiger partial charge in [-0.2, -0.15) is 25.8 Å². The van der Waals surface area contributed by atoms with Gasteiger partial charge in [0.05, 0.1) is 22.0 Å². The standard InChI is InChI=1S/C9H7ClF3NOS/c10-6-2-1-5(9(11,12)13)3-7(6)14-8(15)4-16/h1-3,16H,4H2,(H,14,15). The number of benzene rings is 1. The number of rotatable bonds is 2. The van der Waals surface area contributed by atoms with Gasteiger partial charge in [-0.3, -0.25) is 4.79 Å². The van der Waals surface area contributed by atoms with E-state index in [4.69, 9.17) is 11.6 Å². The molecule has 0 radical (unpaired) electrons. The summed E-state index contributed by atoms with van der Waals surface area (Å²) in [7, 11) is 0. The molecule has 1 rings (SSSR count). The second-order valence-electron chi connectivity index (χ2n) is 2.90. The van der Waals surface area contributed by atoms with Crippen molar-refractivity contribution < 1.29 is 18.0 Å². The predicted molar refractivity (Wildman–Crippen MR) is 58.9 cm³/mol. The maximum atomic E-state index is 12.3. The van der Waals surface area contributed by atoms with Gasteiger partial charge in [0.15, 0.2) is 0 Å². The maximum absolute atomic E-state index is 12.3. The molecule has 16 heavy (non-hydrogen) atoms. The highest BCUT2D eigenvalue weighted by Crippen LogP contribution is 2.33. The van der Waals surface area contributed by atoms with Crippen LogP contribution in [-0.4, -0.2) is 11.7 Å². The summed E-state index contributed by atoms with van der Waals surface area (Å²) in [6, 6.07) is 2.71. The Labute approximate surface area is 100 Å². The third kappa shape index (κ3) is 3.31. The Balaban J connectivity index is 3.04. The van der Waals surface area contributed by atoms with Crippen molar-refractivity contribution in [1.82, 2.24) is 0 Å². The Morgan fingerprint density at radius 2 is 2.06 bits per heavy atom. The van der Waals surface area contributed by atoms with Crippen LogP contribution in [0.1, 0.15) is 5.56 Å². The number of thiol groups is 1. The third-order valence-electron chi connectivity index (χ3n) is 1.71. The topological polar surface area (TPSA) is 29.1 Å². The van der Waals surface area contributed by atoms with E-state index in [-0.39, 0.29) is 16.5 Å². The van der Waals surface area contributed by atoms with Gasteiger partial charge in [0.1, 0.15) is 0 Å². The molecule has 0 aliphatic heterocycles. The Morgan fingerprint density at radius 3 is 2.56 bits per heavy atom. The van der Waals surface area contributed by atoms with Crippen LogP contribution < -0.4 is 5.32 Å². The third-order valence-corrected chi connectivity index (χ3v) is 2.33. The molecule has 1 N–H and O–H groups in total. The van der Waals surface area contributed by atoms with Crippen molar-refractivity contribution in [3.63, 3.8) is 0 Å². The molecular weight excluding hydrogens is 263 g/mol. The summed E-state index contributed by atoms with van der Waals surface area (Å²) in [6.07, 6.45) is -4.47. The van der Waals surface area contributed by atoms with Gasteiger partial charge in [0.2, 0.25) is 5.91 Å². The molecule has 2 nitrogen and oxygen atoms in total. The number of anilines is 1. The van der Waals surface area contributed by atoms with Crippen molar-refractivity contribution in [1.29, 1.82) is 0 Å². The van der Waals surface area contributed by atoms with E-state index in [2.05, 4.69) is 17.9 Å². The molecule has 88 valence electrons. The highest BCUT2D eigenvalue weighted by Gasteiger charge is 2.31. The number of halogens is 4. The number of amides is 1. The molecule has 1 amide bonds. The van der Waals surface area contributed by atoms with Crippen molar-refractivity contribution in [2.45, 2.75) is 6.18 Å². The molecule has 0 saturated carbocycles. The summed E-state index contributed by atoms with van der Waals surface area (Å²) >= 11 is 9.33. The van der Waals surface area contributed by atoms with Crippen LogP contribution >= 0.6 is 24.2 Å². The van der Waals surface area contributed by atoms with Crippen molar-refractivity contribution in [2.24, 2.45) is 0 Å². The summed E-state index contributed by atoms with van der Waals surface area (Å²) in [5, 5.41) is 2.27. The van der Waals surface area contributed by atoms with E-state index < -0.39 is 17.6 Å². The first-order chi connectivity index (χ1) is 7.34. The van der Waals surface area contributed by atoms with Gasteiger partial charge in [0.25, 0.3) is 0 Å². The molecule has 0 heterocycles. The van der Waals surface area contributed by atoms with Crippen LogP contribution in [0.5, 0.6) is 0 Å². The van der Waals surface area contributed by atoms with E-state index in [0.29, 0.717) is 0 Å². The molecule has 1 aromatic carbocycles. The zero-order valence-electron chi connectivity index (χ0n) is 7.81. The number of hydrogen-bond acceptors (Lipinski definition) is 2. The van der Waals surface area contributed by atoms with Crippen LogP contribution in [0.25, 0.3) is 0 Å². The lowest BCUT2D eigenvalue weighted by Gasteiger charge is -2.10. The lowest BCUT2D eigenvalue weighted by Crippen LogP contribution is -2.14. The molecule has 0 bridgehead atoms. The molecule has 0 aromatic heterocycles. The fourth-order valence-corrected chi connectivity index (χ4v) is 1.23. The van der Waals surface area contributed by atoms with Gasteiger partial charge in [0, 0.05) is 0 Å². The van der Waals surface area contributed by atoms with Gasteiger partial charge in [-0.15, -0.1) is 0 Å². The fraction of sp³-hybridized carbons (Fsp3) is 0.222. The maximum Gasteiger partial charge on any atom is 0.416 e. The Bertz CT molecular complexity index is 408. The van der Waals surface area contributed by atoms with Crippen LogP contribution in [0.4, 0.5) is 18.9 Å². The van der Waals surface area contributed by atoms with E-state index in [1.807, 2.05) is 0 Å². The van der Waals surface area contributed by atoms with Crippen LogP contribution in [-0.2, 0) is 11.0 Å². The first-order valence-electron chi connectivity index (χ1n) is 4.12. The predicted octanol–water partition coefficient (Wildman–Crippen LogP) is 3.23. The Hall–Kier alpha value is -0.880. The lowest BCUT2D eigenvalue weighted by atomic mass is 10.2. The van der Waals surface area contributed by atoms with Crippen LogP contribution in [0, 0.1) is 0 Å². The van der Waals surface area contributed by atoms with Crippen LogP contribution in [0.15, 0.2) is 18.2 Å². The van der Waals surface area contributed by atoms with Gasteiger partial charge in [-0.25, -0.2) is 0 Å². The van der Waals surface area contributed by atoms with E-state index in [9.17, 15) is 18.0 Å². The summed E-state index contributed by atoms with van der Waals surface area (Å²) in [6.45, 7) is 0. The fourth-order valence-electron chi connectivity index (χ4n) is 0.987. The minimum atomic E-state index is -4.47. The van der Waals surface area contributed by atoms with Gasteiger partial charge < -0.3 is 5.32 Å². The monoisotopic (exact) mass is 269 g/mol. The average molecular weight is 270 g/mol. The minimum absolute atomic E-state index is 0.0446. The van der Waals surface area contributed by atoms with Gasteiger partial charge in [-0.1, -0.05) is 11.6 Å². The molecule has 0 spiro atoms. The molecule has 0 atom stereocenters. The summed E-state index contributed by atoms with van der Waals surface area (Å²) in [5.74, 6) is -0.656. The van der Waals surface area contributed by atoms with Crippen molar-refractivity contribution in [3.05, 3.63) is 28.8 Å². The van der Waals surface area contributed by atoms with E-state index in [1.54, 1.807) is 0 Å². The summed E-state index contributed by atoms with van der Waals surface area (Å²) in [4.78, 5) is 11.0. The number of carbonyl (C=O) groups is 1. The number of hydrogen-bond donors (Lipinski definition) is 2. The quantitative estimate of drug-likeness (QED) is 0.793. The Morgan fingerprint density at radius 1 is 1.44 bits per heavy atom. The van der Waals surface area contributed by atoms with Gasteiger partial charge in [-0.05, 0) is 18.2 Å². The number of nitrogens with one attached hydrogen (secondary N) is 1. The van der Waals surface area contributed by atoms with Crippen molar-refractivity contribution in [2.75, 3.05) is 11.1 Å². The molecule has 0 saturated heterocycles. The normalized spacial score (nSPS) is 11.3. The zero-order chi connectivity index (χ0) is 12.3. The zero-order valence-corrected chi connectivity index (χ0v) is 9.46. The molecule has 0 fully saturated rings. The highest BCUT2D eigenvalue weighted by molar-refractivity contribution is 7.81. The molecule has 1 aromatic rings. The van der Waals surface area contributed by atoms with E-state index in [1.165, 1.54) is 0 Å². The lowest BCUT2D eigenvalue weighted by molar-refractivity contribution is -0.137. The second kappa shape index (κ2) is 4.97. The first kappa shape index (κ1) is 13.2. The van der Waals surface area contributed by atoms with Crippen LogP contribution in [0.3, 0.4) is 0 Å². The average Bonchev–Trinajstić information content (AvgIpc) is 2.19. The van der Waals surface area contributed by atoms with Crippen molar-refractivity contribution in [3.8, 4) is 0 Å². The minimum Gasteiger partial charge on any atom is -0.324 e. The van der Waals surface area contributed by atoms with Crippen LogP contribution in [0.2, 0.25) is 5.02 Å². The molecule has 0 aliphatic rings. The Kier molecular flexibility index (Phi) is 4.09. The molecule has 7 heteroatoms. The molecule has 0 unspecified atom stereocenters. The first-order valence-corrected chi connectivity index (χ1v) is 5.13. The van der Waals surface area contributed by atoms with E-state index >= 15 is 0 Å². The molecular formula is C9H7ClF3NOS.